The van der Waals surface area contributed by atoms with Crippen molar-refractivity contribution in [1.29, 1.82) is 0 Å². The van der Waals surface area contributed by atoms with Crippen molar-refractivity contribution in [2.45, 2.75) is 64.1 Å². The van der Waals surface area contributed by atoms with Crippen molar-refractivity contribution in [2.24, 2.45) is 23.2 Å². The van der Waals surface area contributed by atoms with Crippen LogP contribution in [-0.4, -0.2) is 33.0 Å². The van der Waals surface area contributed by atoms with E-state index in [0.717, 1.165) is 65.2 Å². The Hall–Kier alpha value is -2.02. The third-order valence-electron chi connectivity index (χ3n) is 7.31. The van der Waals surface area contributed by atoms with Crippen LogP contribution in [0, 0.1) is 23.2 Å². The number of nitrogens with one attached hydrogen (secondary N) is 1. The number of hydrogen-bond acceptors (Lipinski definition) is 5. The Bertz CT molecular complexity index is 904. The minimum Gasteiger partial charge on any atom is -0.494 e. The van der Waals surface area contributed by atoms with E-state index in [1.807, 2.05) is 31.2 Å². The summed E-state index contributed by atoms with van der Waals surface area (Å²) in [6.07, 6.45) is 7.26. The highest BCUT2D eigenvalue weighted by Gasteiger charge is 2.54. The van der Waals surface area contributed by atoms with Gasteiger partial charge >= 0.3 is 0 Å². The van der Waals surface area contributed by atoms with Gasteiger partial charge in [-0.05, 0) is 93.2 Å². The van der Waals surface area contributed by atoms with Crippen molar-refractivity contribution >= 4 is 17.7 Å². The largest absolute Gasteiger partial charge is 0.494 e. The molecule has 0 radical (unpaired) electrons. The molecule has 166 valence electrons. The molecule has 1 aromatic carbocycles. The van der Waals surface area contributed by atoms with E-state index in [9.17, 15) is 4.79 Å². The number of carbonyl (C=O) groups is 1. The number of hydrogen-bond donors (Lipinski definition) is 1. The molecule has 4 bridgehead atoms. The fraction of sp³-hybridized carbons (Fsp3) is 0.625. The molecular weight excluding hydrogens is 408 g/mol. The summed E-state index contributed by atoms with van der Waals surface area (Å²) in [7, 11) is 0. The summed E-state index contributed by atoms with van der Waals surface area (Å²) < 4.78 is 7.64. The summed E-state index contributed by atoms with van der Waals surface area (Å²) >= 11 is 1.66. The molecule has 6 rings (SSSR count). The highest BCUT2D eigenvalue weighted by atomic mass is 32.2. The molecule has 1 aromatic heterocycles. The second-order valence-electron chi connectivity index (χ2n) is 9.47. The number of thioether (sulfide) groups is 1. The van der Waals surface area contributed by atoms with Gasteiger partial charge in [0.25, 0.3) is 0 Å². The van der Waals surface area contributed by atoms with Crippen LogP contribution in [-0.2, 0) is 11.3 Å². The smallest absolute Gasteiger partial charge is 0.226 e. The number of amides is 1. The van der Waals surface area contributed by atoms with Gasteiger partial charge in [-0.15, -0.1) is 10.2 Å². The lowest BCUT2D eigenvalue weighted by Gasteiger charge is -2.55. The minimum absolute atomic E-state index is 0.139. The van der Waals surface area contributed by atoms with Gasteiger partial charge in [0.1, 0.15) is 5.75 Å². The zero-order valence-corrected chi connectivity index (χ0v) is 19.3. The van der Waals surface area contributed by atoms with Gasteiger partial charge in [-0.25, -0.2) is 0 Å². The van der Waals surface area contributed by atoms with E-state index in [0.29, 0.717) is 13.2 Å². The Labute approximate surface area is 188 Å². The molecule has 1 N–H and O–H groups in total. The Balaban J connectivity index is 1.34. The van der Waals surface area contributed by atoms with Crippen molar-refractivity contribution in [1.82, 2.24) is 20.1 Å². The van der Waals surface area contributed by atoms with E-state index in [1.54, 1.807) is 11.8 Å². The third kappa shape index (κ3) is 3.97. The molecule has 0 saturated heterocycles. The van der Waals surface area contributed by atoms with Crippen LogP contribution in [0.2, 0.25) is 0 Å². The highest BCUT2D eigenvalue weighted by molar-refractivity contribution is 7.99. The van der Waals surface area contributed by atoms with Crippen molar-refractivity contribution < 1.29 is 9.53 Å². The third-order valence-corrected chi connectivity index (χ3v) is 8.12. The molecule has 0 atom stereocenters. The average molecular weight is 441 g/mol. The van der Waals surface area contributed by atoms with Gasteiger partial charge in [0.15, 0.2) is 11.0 Å². The number of rotatable bonds is 8. The summed E-state index contributed by atoms with van der Waals surface area (Å²) in [5, 5.41) is 12.9. The molecule has 6 nitrogen and oxygen atoms in total. The molecule has 4 aliphatic rings. The maximum absolute atomic E-state index is 13.4. The van der Waals surface area contributed by atoms with E-state index < -0.39 is 0 Å². The number of nitrogens with zero attached hydrogens (tertiary/aromatic N) is 3. The fourth-order valence-electron chi connectivity index (χ4n) is 6.49. The van der Waals surface area contributed by atoms with E-state index in [-0.39, 0.29) is 11.3 Å². The summed E-state index contributed by atoms with van der Waals surface area (Å²) in [6.45, 7) is 5.14. The molecule has 0 spiro atoms. The van der Waals surface area contributed by atoms with Crippen molar-refractivity contribution in [3.05, 3.63) is 30.1 Å². The monoisotopic (exact) mass is 440 g/mol. The standard InChI is InChI=1S/C24H32N4O2S/c1-3-30-20-7-5-19(6-8-20)28-21(26-27-23(28)31-4-2)15-25-22(29)24-12-16-9-17(13-24)11-18(10-16)14-24/h5-8,16-18H,3-4,9-15H2,1-2H3,(H,25,29). The summed E-state index contributed by atoms with van der Waals surface area (Å²) in [4.78, 5) is 13.4. The van der Waals surface area contributed by atoms with Gasteiger partial charge in [0.2, 0.25) is 5.91 Å². The molecule has 4 saturated carbocycles. The molecule has 4 fully saturated rings. The molecule has 31 heavy (non-hydrogen) atoms. The maximum Gasteiger partial charge on any atom is 0.226 e. The number of aromatic nitrogens is 3. The van der Waals surface area contributed by atoms with Gasteiger partial charge in [0.05, 0.1) is 13.2 Å². The van der Waals surface area contributed by atoms with Crippen LogP contribution in [0.4, 0.5) is 0 Å². The zero-order chi connectivity index (χ0) is 21.4. The Kier molecular flexibility index (Phi) is 5.71. The predicted octanol–water partition coefficient (Wildman–Crippen LogP) is 4.61. The fourth-order valence-corrected chi connectivity index (χ4v) is 7.19. The second-order valence-corrected chi connectivity index (χ2v) is 10.7. The molecular formula is C24H32N4O2S. The van der Waals surface area contributed by atoms with Crippen molar-refractivity contribution in [2.75, 3.05) is 12.4 Å². The molecule has 1 heterocycles. The molecule has 4 aliphatic carbocycles. The first-order valence-electron chi connectivity index (χ1n) is 11.7. The van der Waals surface area contributed by atoms with Crippen LogP contribution in [0.5, 0.6) is 5.75 Å². The first kappa shape index (κ1) is 20.9. The van der Waals surface area contributed by atoms with E-state index in [2.05, 4.69) is 27.0 Å². The normalized spacial score (nSPS) is 28.6. The molecule has 2 aromatic rings. The Morgan fingerprint density at radius 2 is 1.74 bits per heavy atom. The van der Waals surface area contributed by atoms with Gasteiger partial charge in [-0.3, -0.25) is 9.36 Å². The highest BCUT2D eigenvalue weighted by Crippen LogP contribution is 2.60. The maximum atomic E-state index is 13.4. The quantitative estimate of drug-likeness (QED) is 0.607. The van der Waals surface area contributed by atoms with Crippen LogP contribution >= 0.6 is 11.8 Å². The van der Waals surface area contributed by atoms with Crippen LogP contribution in [0.15, 0.2) is 29.4 Å². The molecule has 0 aliphatic heterocycles. The molecule has 0 unspecified atom stereocenters. The lowest BCUT2D eigenvalue weighted by Crippen LogP contribution is -2.53. The van der Waals surface area contributed by atoms with Gasteiger partial charge in [-0.2, -0.15) is 0 Å². The van der Waals surface area contributed by atoms with Gasteiger partial charge in [-0.1, -0.05) is 18.7 Å². The summed E-state index contributed by atoms with van der Waals surface area (Å²) in [6, 6.07) is 7.99. The van der Waals surface area contributed by atoms with Crippen LogP contribution < -0.4 is 10.1 Å². The van der Waals surface area contributed by atoms with E-state index in [4.69, 9.17) is 4.74 Å². The minimum atomic E-state index is -0.139. The van der Waals surface area contributed by atoms with Crippen LogP contribution in [0.1, 0.15) is 58.2 Å². The van der Waals surface area contributed by atoms with Crippen LogP contribution in [0.25, 0.3) is 5.69 Å². The summed E-state index contributed by atoms with van der Waals surface area (Å²) in [5.74, 6) is 5.05. The topological polar surface area (TPSA) is 69.0 Å². The number of ether oxygens (including phenoxy) is 1. The van der Waals surface area contributed by atoms with E-state index >= 15 is 0 Å². The summed E-state index contributed by atoms with van der Waals surface area (Å²) in [5.41, 5.74) is 0.850. The Morgan fingerprint density at radius 1 is 1.10 bits per heavy atom. The predicted molar refractivity (Wildman–Crippen MR) is 121 cm³/mol. The Morgan fingerprint density at radius 3 is 2.32 bits per heavy atom. The first-order valence-corrected chi connectivity index (χ1v) is 12.7. The zero-order valence-electron chi connectivity index (χ0n) is 18.5. The SMILES string of the molecule is CCOc1ccc(-n2c(CNC(=O)C34CC5CC(CC(C5)C3)C4)nnc2SCC)cc1. The number of benzene rings is 1. The van der Waals surface area contributed by atoms with Crippen molar-refractivity contribution in [3.8, 4) is 11.4 Å². The number of carbonyl (C=O) groups excluding carboxylic acids is 1. The molecule has 1 amide bonds. The lowest BCUT2D eigenvalue weighted by atomic mass is 9.49. The first-order chi connectivity index (χ1) is 15.1. The van der Waals surface area contributed by atoms with Crippen molar-refractivity contribution in [3.63, 3.8) is 0 Å². The average Bonchev–Trinajstić information content (AvgIpc) is 3.14. The lowest BCUT2D eigenvalue weighted by molar-refractivity contribution is -0.146. The van der Waals surface area contributed by atoms with Gasteiger partial charge < -0.3 is 10.1 Å². The van der Waals surface area contributed by atoms with Gasteiger partial charge in [0, 0.05) is 11.1 Å². The van der Waals surface area contributed by atoms with Crippen LogP contribution in [0.3, 0.4) is 0 Å². The molecule has 7 heteroatoms. The second kappa shape index (κ2) is 8.49. The van der Waals surface area contributed by atoms with E-state index in [1.165, 1.54) is 19.3 Å².